The van der Waals surface area contributed by atoms with E-state index in [1.165, 1.54) is 23.4 Å². The summed E-state index contributed by atoms with van der Waals surface area (Å²) < 4.78 is 27.3. The summed E-state index contributed by atoms with van der Waals surface area (Å²) in [4.78, 5) is 27.8. The highest BCUT2D eigenvalue weighted by molar-refractivity contribution is 7.89. The Morgan fingerprint density at radius 1 is 1.11 bits per heavy atom. The summed E-state index contributed by atoms with van der Waals surface area (Å²) in [5.41, 5.74) is 0.382. The largest absolute Gasteiger partial charge is 0.340 e. The monoisotopic (exact) mass is 394 g/mol. The second-order valence-corrected chi connectivity index (χ2v) is 8.93. The molecule has 0 radical (unpaired) electrons. The van der Waals surface area contributed by atoms with E-state index in [0.717, 1.165) is 13.1 Å². The van der Waals surface area contributed by atoms with Crippen molar-refractivity contribution in [3.05, 3.63) is 29.8 Å². The topological polar surface area (TPSA) is 90.0 Å². The summed E-state index contributed by atoms with van der Waals surface area (Å²) in [6, 6.07) is 6.31. The number of nitrogens with one attached hydrogen (secondary N) is 1. The fraction of sp³-hybridized carbons (Fsp3) is 0.556. The molecule has 2 aliphatic rings. The zero-order valence-corrected chi connectivity index (χ0v) is 16.5. The highest BCUT2D eigenvalue weighted by atomic mass is 32.2. The van der Waals surface area contributed by atoms with Crippen molar-refractivity contribution in [2.45, 2.75) is 24.8 Å². The standard InChI is InChI=1S/C18H26N4O4S/c1-14-13-19-6-7-22(14)18(24)16-4-3-5-17(12-16)27(25,26)21-10-8-20(9-11-21)15(2)23/h3-5,12,14,19H,6-11,13H2,1-2H3/t14-/m0/s1. The van der Waals surface area contributed by atoms with E-state index < -0.39 is 10.0 Å². The molecule has 8 nitrogen and oxygen atoms in total. The molecule has 2 aliphatic heterocycles. The molecule has 1 N–H and O–H groups in total. The van der Waals surface area contributed by atoms with Crippen LogP contribution in [0.3, 0.4) is 0 Å². The first-order valence-corrected chi connectivity index (χ1v) is 10.6. The van der Waals surface area contributed by atoms with Crippen molar-refractivity contribution in [1.82, 2.24) is 19.4 Å². The van der Waals surface area contributed by atoms with Crippen molar-refractivity contribution in [3.63, 3.8) is 0 Å². The van der Waals surface area contributed by atoms with Gasteiger partial charge in [-0.3, -0.25) is 9.59 Å². The lowest BCUT2D eigenvalue weighted by Crippen LogP contribution is -2.52. The number of piperazine rings is 2. The van der Waals surface area contributed by atoms with Gasteiger partial charge in [-0.2, -0.15) is 4.31 Å². The molecule has 2 saturated heterocycles. The minimum absolute atomic E-state index is 0.0511. The summed E-state index contributed by atoms with van der Waals surface area (Å²) in [5.74, 6) is -0.202. The normalized spacial score (nSPS) is 21.9. The van der Waals surface area contributed by atoms with Gasteiger partial charge in [-0.05, 0) is 25.1 Å². The van der Waals surface area contributed by atoms with Gasteiger partial charge < -0.3 is 15.1 Å². The number of nitrogens with zero attached hydrogens (tertiary/aromatic N) is 3. The molecule has 0 spiro atoms. The van der Waals surface area contributed by atoms with Gasteiger partial charge in [0.2, 0.25) is 15.9 Å². The van der Waals surface area contributed by atoms with Gasteiger partial charge in [-0.1, -0.05) is 6.07 Å². The average Bonchev–Trinajstić information content (AvgIpc) is 2.68. The van der Waals surface area contributed by atoms with Crippen LogP contribution < -0.4 is 5.32 Å². The molecule has 1 aromatic rings. The Kier molecular flexibility index (Phi) is 5.83. The molecule has 0 saturated carbocycles. The van der Waals surface area contributed by atoms with Crippen LogP contribution >= 0.6 is 0 Å². The smallest absolute Gasteiger partial charge is 0.254 e. The lowest BCUT2D eigenvalue weighted by Gasteiger charge is -2.34. The van der Waals surface area contributed by atoms with E-state index in [-0.39, 0.29) is 35.8 Å². The number of amides is 2. The molecule has 0 aromatic heterocycles. The first-order chi connectivity index (χ1) is 12.8. The number of hydrogen-bond acceptors (Lipinski definition) is 5. The molecule has 9 heteroatoms. The van der Waals surface area contributed by atoms with Crippen LogP contribution in [0.4, 0.5) is 0 Å². The van der Waals surface area contributed by atoms with Crippen LogP contribution in [-0.4, -0.2) is 86.2 Å². The minimum atomic E-state index is -3.70. The average molecular weight is 394 g/mol. The Labute approximate surface area is 160 Å². The second-order valence-electron chi connectivity index (χ2n) is 6.99. The Bertz CT molecular complexity index is 818. The number of carbonyl (C=O) groups excluding carboxylic acids is 2. The number of hydrogen-bond donors (Lipinski definition) is 1. The van der Waals surface area contributed by atoms with Crippen LogP contribution in [0, 0.1) is 0 Å². The minimum Gasteiger partial charge on any atom is -0.340 e. The Balaban J connectivity index is 1.78. The van der Waals surface area contributed by atoms with Crippen LogP contribution in [0.25, 0.3) is 0 Å². The van der Waals surface area contributed by atoms with Gasteiger partial charge >= 0.3 is 0 Å². The Hall–Kier alpha value is -1.97. The van der Waals surface area contributed by atoms with Crippen molar-refractivity contribution in [1.29, 1.82) is 0 Å². The molecule has 0 bridgehead atoms. The molecule has 0 aliphatic carbocycles. The van der Waals surface area contributed by atoms with E-state index in [9.17, 15) is 18.0 Å². The summed E-state index contributed by atoms with van der Waals surface area (Å²) in [7, 11) is -3.70. The van der Waals surface area contributed by atoms with Crippen LogP contribution in [-0.2, 0) is 14.8 Å². The van der Waals surface area contributed by atoms with Gasteiger partial charge in [-0.25, -0.2) is 8.42 Å². The summed E-state index contributed by atoms with van der Waals surface area (Å²) in [6.07, 6.45) is 0. The number of carbonyl (C=O) groups is 2. The van der Waals surface area contributed by atoms with Gasteiger partial charge in [0.1, 0.15) is 0 Å². The summed E-state index contributed by atoms with van der Waals surface area (Å²) >= 11 is 0. The summed E-state index contributed by atoms with van der Waals surface area (Å²) in [6.45, 7) is 6.79. The molecular weight excluding hydrogens is 368 g/mol. The fourth-order valence-corrected chi connectivity index (χ4v) is 4.96. The molecule has 2 heterocycles. The predicted molar refractivity (Wildman–Crippen MR) is 101 cm³/mol. The van der Waals surface area contributed by atoms with E-state index >= 15 is 0 Å². The van der Waals surface area contributed by atoms with Gasteiger partial charge in [-0.15, -0.1) is 0 Å². The van der Waals surface area contributed by atoms with E-state index in [2.05, 4.69) is 5.32 Å². The van der Waals surface area contributed by atoms with Crippen molar-refractivity contribution in [2.24, 2.45) is 0 Å². The third kappa shape index (κ3) is 4.15. The van der Waals surface area contributed by atoms with E-state index in [4.69, 9.17) is 0 Å². The maximum atomic E-state index is 13.0. The molecule has 148 valence electrons. The Morgan fingerprint density at radius 3 is 2.44 bits per heavy atom. The van der Waals surface area contributed by atoms with Crippen molar-refractivity contribution in [2.75, 3.05) is 45.8 Å². The zero-order chi connectivity index (χ0) is 19.6. The Morgan fingerprint density at radius 2 is 1.81 bits per heavy atom. The maximum absolute atomic E-state index is 13.0. The third-order valence-corrected chi connectivity index (χ3v) is 7.06. The molecule has 0 unspecified atom stereocenters. The lowest BCUT2D eigenvalue weighted by molar-refractivity contribution is -0.129. The van der Waals surface area contributed by atoms with Gasteiger partial charge in [0.05, 0.1) is 4.90 Å². The van der Waals surface area contributed by atoms with Crippen molar-refractivity contribution < 1.29 is 18.0 Å². The summed E-state index contributed by atoms with van der Waals surface area (Å²) in [5, 5.41) is 3.24. The zero-order valence-electron chi connectivity index (χ0n) is 15.7. The first-order valence-electron chi connectivity index (χ1n) is 9.18. The number of rotatable bonds is 3. The maximum Gasteiger partial charge on any atom is 0.254 e. The molecule has 27 heavy (non-hydrogen) atoms. The van der Waals surface area contributed by atoms with E-state index in [1.54, 1.807) is 21.9 Å². The number of sulfonamides is 1. The predicted octanol–water partition coefficient (Wildman–Crippen LogP) is -0.0267. The molecule has 3 rings (SSSR count). The lowest BCUT2D eigenvalue weighted by atomic mass is 10.1. The molecular formula is C18H26N4O4S. The van der Waals surface area contributed by atoms with Crippen LogP contribution in [0.1, 0.15) is 24.2 Å². The quantitative estimate of drug-likeness (QED) is 0.778. The van der Waals surface area contributed by atoms with Gasteiger partial charge in [0, 0.05) is 64.3 Å². The molecule has 2 fully saturated rings. The van der Waals surface area contributed by atoms with Crippen LogP contribution in [0.2, 0.25) is 0 Å². The second kappa shape index (κ2) is 7.95. The van der Waals surface area contributed by atoms with Gasteiger partial charge in [0.15, 0.2) is 0 Å². The third-order valence-electron chi connectivity index (χ3n) is 5.16. The van der Waals surface area contributed by atoms with Crippen LogP contribution in [0.5, 0.6) is 0 Å². The molecule has 1 atom stereocenters. The first kappa shape index (κ1) is 19.8. The fourth-order valence-electron chi connectivity index (χ4n) is 3.49. The molecule has 1 aromatic carbocycles. The number of benzene rings is 1. The molecule has 2 amide bonds. The van der Waals surface area contributed by atoms with E-state index in [0.29, 0.717) is 25.2 Å². The van der Waals surface area contributed by atoms with E-state index in [1.807, 2.05) is 6.92 Å². The highest BCUT2D eigenvalue weighted by Gasteiger charge is 2.30. The van der Waals surface area contributed by atoms with Crippen LogP contribution in [0.15, 0.2) is 29.2 Å². The highest BCUT2D eigenvalue weighted by Crippen LogP contribution is 2.20. The van der Waals surface area contributed by atoms with Crippen molar-refractivity contribution >= 4 is 21.8 Å². The van der Waals surface area contributed by atoms with Gasteiger partial charge in [0.25, 0.3) is 5.91 Å². The SMILES string of the molecule is CC(=O)N1CCN(S(=O)(=O)c2cccc(C(=O)N3CCNC[C@@H]3C)c2)CC1. The van der Waals surface area contributed by atoms with Crippen molar-refractivity contribution in [3.8, 4) is 0 Å².